The molecule has 3 rings (SSSR count). The van der Waals surface area contributed by atoms with Crippen LogP contribution in [0.4, 0.5) is 0 Å². The molecule has 0 aliphatic heterocycles. The lowest BCUT2D eigenvalue weighted by molar-refractivity contribution is 0.449. The van der Waals surface area contributed by atoms with Crippen LogP contribution in [0.1, 0.15) is 84.4 Å². The second kappa shape index (κ2) is 7.56. The summed E-state index contributed by atoms with van der Waals surface area (Å²) < 4.78 is 1.54. The van der Waals surface area contributed by atoms with Gasteiger partial charge < -0.3 is 0 Å². The topological polar surface area (TPSA) is 0 Å². The Morgan fingerprint density at radius 3 is 1.96 bits per heavy atom. The molecule has 0 amide bonds. The van der Waals surface area contributed by atoms with Gasteiger partial charge >= 0.3 is 0 Å². The van der Waals surface area contributed by atoms with Crippen molar-refractivity contribution in [2.45, 2.75) is 96.2 Å². The maximum Gasteiger partial charge on any atom is 0.0965 e. The minimum absolute atomic E-state index is 0.785. The maximum absolute atomic E-state index is 2.52. The molecule has 0 atom stereocenters. The molecule has 0 saturated heterocycles. The van der Waals surface area contributed by atoms with Crippen LogP contribution in [0, 0.1) is 0 Å². The number of hydrogen-bond donors (Lipinski definition) is 0. The molecule has 0 bridgehead atoms. The van der Waals surface area contributed by atoms with Gasteiger partial charge in [0.05, 0.1) is 8.07 Å². The van der Waals surface area contributed by atoms with Gasteiger partial charge in [-0.25, -0.2) is 0 Å². The molecule has 0 nitrogen and oxygen atoms in total. The Bertz CT molecular complexity index is 682. The lowest BCUT2D eigenvalue weighted by Gasteiger charge is -2.45. The molecule has 1 fully saturated rings. The fourth-order valence-corrected chi connectivity index (χ4v) is 15.1. The van der Waals surface area contributed by atoms with Gasteiger partial charge in [0.2, 0.25) is 0 Å². The molecule has 1 heterocycles. The Labute approximate surface area is 160 Å². The normalized spacial score (nSPS) is 17.3. The monoisotopic (exact) mass is 372 g/mol. The van der Waals surface area contributed by atoms with Crippen LogP contribution in [0.3, 0.4) is 0 Å². The van der Waals surface area contributed by atoms with Crippen LogP contribution >= 0.6 is 11.3 Å². The van der Waals surface area contributed by atoms with Crippen molar-refractivity contribution in [2.75, 3.05) is 0 Å². The minimum Gasteiger partial charge on any atom is -0.140 e. The van der Waals surface area contributed by atoms with Crippen molar-refractivity contribution in [1.29, 1.82) is 0 Å². The van der Waals surface area contributed by atoms with E-state index >= 15 is 0 Å². The van der Waals surface area contributed by atoms with E-state index in [2.05, 4.69) is 77.1 Å². The first-order valence-electron chi connectivity index (χ1n) is 10.4. The molecule has 1 aliphatic rings. The molecule has 0 N–H and O–H groups in total. The number of fused-ring (bicyclic) bond motifs is 1. The largest absolute Gasteiger partial charge is 0.140 e. The Morgan fingerprint density at radius 1 is 0.840 bits per heavy atom. The highest BCUT2D eigenvalue weighted by atomic mass is 32.1. The van der Waals surface area contributed by atoms with Crippen molar-refractivity contribution < 1.29 is 0 Å². The van der Waals surface area contributed by atoms with Crippen LogP contribution < -0.4 is 5.19 Å². The molecule has 1 aromatic carbocycles. The highest BCUT2D eigenvalue weighted by Gasteiger charge is 2.47. The molecular formula is C23H36SSi. The first kappa shape index (κ1) is 19.2. The summed E-state index contributed by atoms with van der Waals surface area (Å²) in [6, 6.07) is 9.30. The van der Waals surface area contributed by atoms with Crippen LogP contribution in [0.25, 0.3) is 10.1 Å². The van der Waals surface area contributed by atoms with Gasteiger partial charge in [-0.3, -0.25) is 0 Å². The summed E-state index contributed by atoms with van der Waals surface area (Å²) in [5.74, 6) is 0.823. The highest BCUT2D eigenvalue weighted by molar-refractivity contribution is 7.22. The van der Waals surface area contributed by atoms with E-state index in [1.54, 1.807) is 10.3 Å². The third-order valence-electron chi connectivity index (χ3n) is 6.90. The smallest absolute Gasteiger partial charge is 0.0965 e. The Kier molecular flexibility index (Phi) is 5.80. The first-order chi connectivity index (χ1) is 11.9. The quantitative estimate of drug-likeness (QED) is 0.469. The van der Waals surface area contributed by atoms with E-state index in [0.717, 1.165) is 22.5 Å². The van der Waals surface area contributed by atoms with Crippen LogP contribution in [0.15, 0.2) is 24.3 Å². The van der Waals surface area contributed by atoms with Gasteiger partial charge in [-0.1, -0.05) is 79.0 Å². The van der Waals surface area contributed by atoms with Gasteiger partial charge in [0.25, 0.3) is 0 Å². The Morgan fingerprint density at radius 2 is 1.40 bits per heavy atom. The molecule has 1 saturated carbocycles. The molecule has 0 spiro atoms. The van der Waals surface area contributed by atoms with Crippen LogP contribution in [-0.4, -0.2) is 8.07 Å². The summed E-state index contributed by atoms with van der Waals surface area (Å²) >= 11 is 2.14. The average molecular weight is 373 g/mol. The summed E-state index contributed by atoms with van der Waals surface area (Å²) in [4.78, 5) is 1.80. The van der Waals surface area contributed by atoms with Gasteiger partial charge in [0.1, 0.15) is 0 Å². The van der Waals surface area contributed by atoms with Crippen molar-refractivity contribution in [3.05, 3.63) is 29.1 Å². The maximum atomic E-state index is 2.52. The van der Waals surface area contributed by atoms with Crippen LogP contribution in [0.5, 0.6) is 0 Å². The molecule has 0 unspecified atom stereocenters. The van der Waals surface area contributed by atoms with Gasteiger partial charge in [0.15, 0.2) is 0 Å². The number of hydrogen-bond acceptors (Lipinski definition) is 1. The standard InChI is InChI=1S/C23H36SSi/c1-16(2)25(17(3)4,18(5)6)23-20-14-10-11-15-21(20)24-22(23)19-12-8-7-9-13-19/h10-11,14-19H,7-9,12-13H2,1-6H3. The van der Waals surface area contributed by atoms with Crippen LogP contribution in [0.2, 0.25) is 16.6 Å². The first-order valence-corrected chi connectivity index (χ1v) is 13.5. The summed E-state index contributed by atoms with van der Waals surface area (Å²) in [6.07, 6.45) is 7.13. The van der Waals surface area contributed by atoms with E-state index in [9.17, 15) is 0 Å². The molecule has 25 heavy (non-hydrogen) atoms. The fraction of sp³-hybridized carbons (Fsp3) is 0.652. The second-order valence-corrected chi connectivity index (χ2v) is 16.0. The Hall–Kier alpha value is -0.603. The van der Waals surface area contributed by atoms with Crippen LogP contribution in [-0.2, 0) is 0 Å². The molecule has 0 radical (unpaired) electrons. The van der Waals surface area contributed by atoms with E-state index in [4.69, 9.17) is 0 Å². The fourth-order valence-electron chi connectivity index (χ4n) is 6.03. The zero-order valence-electron chi connectivity index (χ0n) is 17.1. The van der Waals surface area contributed by atoms with Gasteiger partial charge in [-0.2, -0.15) is 0 Å². The number of benzene rings is 1. The number of rotatable bonds is 5. The third kappa shape index (κ3) is 3.14. The SMILES string of the molecule is CC(C)[Si](c1c(C2CCCCC2)sc2ccccc12)(C(C)C)C(C)C. The van der Waals surface area contributed by atoms with E-state index in [1.165, 1.54) is 36.8 Å². The minimum atomic E-state index is -1.63. The second-order valence-electron chi connectivity index (χ2n) is 9.07. The van der Waals surface area contributed by atoms with Crippen molar-refractivity contribution in [3.63, 3.8) is 0 Å². The number of thiophene rings is 1. The van der Waals surface area contributed by atoms with E-state index in [1.807, 2.05) is 5.19 Å². The van der Waals surface area contributed by atoms with Crippen molar-refractivity contribution in [1.82, 2.24) is 0 Å². The van der Waals surface area contributed by atoms with E-state index in [-0.39, 0.29) is 0 Å². The van der Waals surface area contributed by atoms with Crippen molar-refractivity contribution in [3.8, 4) is 0 Å². The van der Waals surface area contributed by atoms with Crippen molar-refractivity contribution in [2.24, 2.45) is 0 Å². The average Bonchev–Trinajstić information content (AvgIpc) is 2.95. The van der Waals surface area contributed by atoms with E-state index in [0.29, 0.717) is 0 Å². The van der Waals surface area contributed by atoms with Gasteiger partial charge in [-0.05, 0) is 52.0 Å². The Balaban J connectivity index is 2.31. The summed E-state index contributed by atoms with van der Waals surface area (Å²) in [7, 11) is -1.63. The predicted molar refractivity (Wildman–Crippen MR) is 118 cm³/mol. The summed E-state index contributed by atoms with van der Waals surface area (Å²) in [6.45, 7) is 15.1. The third-order valence-corrected chi connectivity index (χ3v) is 15.5. The zero-order chi connectivity index (χ0) is 18.2. The molecule has 2 aromatic rings. The summed E-state index contributed by atoms with van der Waals surface area (Å²) in [5.41, 5.74) is 2.36. The highest BCUT2D eigenvalue weighted by Crippen LogP contribution is 2.47. The molecule has 2 heteroatoms. The molecule has 138 valence electrons. The zero-order valence-corrected chi connectivity index (χ0v) is 18.9. The summed E-state index contributed by atoms with van der Waals surface area (Å²) in [5, 5.41) is 3.47. The van der Waals surface area contributed by atoms with Crippen molar-refractivity contribution >= 4 is 34.7 Å². The van der Waals surface area contributed by atoms with Gasteiger partial charge in [0, 0.05) is 9.58 Å². The lowest BCUT2D eigenvalue weighted by atomic mass is 9.88. The van der Waals surface area contributed by atoms with Gasteiger partial charge in [-0.15, -0.1) is 11.3 Å². The molecular weight excluding hydrogens is 336 g/mol. The lowest BCUT2D eigenvalue weighted by Crippen LogP contribution is -2.56. The molecule has 1 aliphatic carbocycles. The van der Waals surface area contributed by atoms with E-state index < -0.39 is 8.07 Å². The predicted octanol–water partition coefficient (Wildman–Crippen LogP) is 7.83. The molecule has 1 aromatic heterocycles.